The maximum Gasteiger partial charge on any atom is 0.246 e. The summed E-state index contributed by atoms with van der Waals surface area (Å²) in [4.78, 5) is 13.0. The molecule has 0 saturated carbocycles. The van der Waals surface area contributed by atoms with Gasteiger partial charge >= 0.3 is 0 Å². The summed E-state index contributed by atoms with van der Waals surface area (Å²) in [6.07, 6.45) is 1.36. The van der Waals surface area contributed by atoms with Crippen LogP contribution in [0.4, 0.5) is 0 Å². The predicted octanol–water partition coefficient (Wildman–Crippen LogP) is 0.666. The first kappa shape index (κ1) is 9.26. The Labute approximate surface area is 73.0 Å². The standard InChI is InChI=1S/C9H15NO2/c1-4-9(11)10-5-7(2)8(10)6-12-3/h4,7-8H,1,5-6H2,2-3H3/t7-,8+/m1/s1. The van der Waals surface area contributed by atoms with E-state index in [0.717, 1.165) is 6.54 Å². The summed E-state index contributed by atoms with van der Waals surface area (Å²) in [5.74, 6) is 0.559. The van der Waals surface area contributed by atoms with Gasteiger partial charge in [-0.25, -0.2) is 0 Å². The minimum absolute atomic E-state index is 0.00940. The first-order valence-electron chi connectivity index (χ1n) is 4.12. The number of likely N-dealkylation sites (tertiary alicyclic amines) is 1. The third-order valence-electron chi connectivity index (χ3n) is 2.34. The molecule has 0 bridgehead atoms. The predicted molar refractivity (Wildman–Crippen MR) is 46.7 cm³/mol. The summed E-state index contributed by atoms with van der Waals surface area (Å²) in [5.41, 5.74) is 0. The van der Waals surface area contributed by atoms with Gasteiger partial charge in [-0.2, -0.15) is 0 Å². The van der Waals surface area contributed by atoms with Gasteiger partial charge in [-0.05, 0) is 12.0 Å². The lowest BCUT2D eigenvalue weighted by molar-refractivity contribution is -0.140. The lowest BCUT2D eigenvalue weighted by Crippen LogP contribution is -2.59. The molecule has 1 saturated heterocycles. The molecule has 0 spiro atoms. The zero-order chi connectivity index (χ0) is 9.14. The van der Waals surface area contributed by atoms with E-state index in [4.69, 9.17) is 4.74 Å². The molecule has 0 radical (unpaired) electrons. The zero-order valence-corrected chi connectivity index (χ0v) is 7.62. The number of carbonyl (C=O) groups excluding carboxylic acids is 1. The van der Waals surface area contributed by atoms with Crippen molar-refractivity contribution in [2.45, 2.75) is 13.0 Å². The Morgan fingerprint density at radius 2 is 2.50 bits per heavy atom. The molecule has 0 unspecified atom stereocenters. The van der Waals surface area contributed by atoms with Gasteiger partial charge in [0.15, 0.2) is 0 Å². The SMILES string of the molecule is C=CC(=O)N1C[C@@H](C)[C@@H]1COC. The van der Waals surface area contributed by atoms with Crippen LogP contribution in [0.25, 0.3) is 0 Å². The Morgan fingerprint density at radius 3 is 2.92 bits per heavy atom. The molecular formula is C9H15NO2. The van der Waals surface area contributed by atoms with Gasteiger partial charge in [0.05, 0.1) is 12.6 Å². The van der Waals surface area contributed by atoms with Crippen LogP contribution >= 0.6 is 0 Å². The van der Waals surface area contributed by atoms with Gasteiger partial charge in [0.25, 0.3) is 0 Å². The van der Waals surface area contributed by atoms with E-state index in [9.17, 15) is 4.79 Å². The molecule has 2 atom stereocenters. The third kappa shape index (κ3) is 1.50. The lowest BCUT2D eigenvalue weighted by Gasteiger charge is -2.45. The number of hydrogen-bond donors (Lipinski definition) is 0. The Balaban J connectivity index is 2.47. The number of ether oxygens (including phenoxy) is 1. The van der Waals surface area contributed by atoms with Crippen LogP contribution in [0.5, 0.6) is 0 Å². The summed E-state index contributed by atoms with van der Waals surface area (Å²) in [5, 5.41) is 0. The lowest BCUT2D eigenvalue weighted by atomic mass is 9.91. The second kappa shape index (κ2) is 3.72. The highest BCUT2D eigenvalue weighted by atomic mass is 16.5. The molecule has 68 valence electrons. The number of rotatable bonds is 3. The largest absolute Gasteiger partial charge is 0.383 e. The van der Waals surface area contributed by atoms with Crippen molar-refractivity contribution in [3.05, 3.63) is 12.7 Å². The molecule has 12 heavy (non-hydrogen) atoms. The van der Waals surface area contributed by atoms with E-state index < -0.39 is 0 Å². The highest BCUT2D eigenvalue weighted by Crippen LogP contribution is 2.24. The first-order chi connectivity index (χ1) is 5.70. The van der Waals surface area contributed by atoms with E-state index >= 15 is 0 Å². The monoisotopic (exact) mass is 169 g/mol. The van der Waals surface area contributed by atoms with Crippen molar-refractivity contribution in [2.24, 2.45) is 5.92 Å². The molecule has 3 heteroatoms. The van der Waals surface area contributed by atoms with Crippen LogP contribution in [0.2, 0.25) is 0 Å². The number of methoxy groups -OCH3 is 1. The van der Waals surface area contributed by atoms with Gasteiger partial charge in [-0.1, -0.05) is 13.5 Å². The molecule has 1 amide bonds. The quantitative estimate of drug-likeness (QED) is 0.581. The van der Waals surface area contributed by atoms with Gasteiger partial charge in [-0.3, -0.25) is 4.79 Å². The minimum atomic E-state index is 0.00940. The van der Waals surface area contributed by atoms with Gasteiger partial charge in [-0.15, -0.1) is 0 Å². The van der Waals surface area contributed by atoms with E-state index in [0.29, 0.717) is 12.5 Å². The summed E-state index contributed by atoms with van der Waals surface area (Å²) in [6, 6.07) is 0.250. The van der Waals surface area contributed by atoms with Crippen molar-refractivity contribution in [1.29, 1.82) is 0 Å². The molecule has 0 aliphatic carbocycles. The zero-order valence-electron chi connectivity index (χ0n) is 7.62. The molecule has 3 nitrogen and oxygen atoms in total. The average molecular weight is 169 g/mol. The van der Waals surface area contributed by atoms with Gasteiger partial charge in [0.2, 0.25) is 5.91 Å². The first-order valence-corrected chi connectivity index (χ1v) is 4.12. The van der Waals surface area contributed by atoms with Gasteiger partial charge in [0.1, 0.15) is 0 Å². The van der Waals surface area contributed by atoms with Crippen LogP contribution < -0.4 is 0 Å². The molecule has 0 aromatic carbocycles. The molecule has 1 fully saturated rings. The fourth-order valence-corrected chi connectivity index (χ4v) is 1.53. The molecular weight excluding hydrogens is 154 g/mol. The van der Waals surface area contributed by atoms with Gasteiger partial charge in [0, 0.05) is 13.7 Å². The van der Waals surface area contributed by atoms with E-state index in [1.165, 1.54) is 6.08 Å². The van der Waals surface area contributed by atoms with Crippen molar-refractivity contribution in [2.75, 3.05) is 20.3 Å². The molecule has 0 aromatic rings. The van der Waals surface area contributed by atoms with Crippen LogP contribution in [0.3, 0.4) is 0 Å². The summed E-state index contributed by atoms with van der Waals surface area (Å²) < 4.78 is 5.01. The maximum absolute atomic E-state index is 11.2. The molecule has 1 heterocycles. The van der Waals surface area contributed by atoms with E-state index in [1.54, 1.807) is 12.0 Å². The van der Waals surface area contributed by atoms with E-state index in [-0.39, 0.29) is 11.9 Å². The topological polar surface area (TPSA) is 29.5 Å². The molecule has 1 aliphatic heterocycles. The number of carbonyl (C=O) groups is 1. The van der Waals surface area contributed by atoms with Crippen molar-refractivity contribution >= 4 is 5.91 Å². The summed E-state index contributed by atoms with van der Waals surface area (Å²) >= 11 is 0. The number of hydrogen-bond acceptors (Lipinski definition) is 2. The van der Waals surface area contributed by atoms with Crippen molar-refractivity contribution < 1.29 is 9.53 Å². The normalized spacial score (nSPS) is 28.0. The Morgan fingerprint density at radius 1 is 1.83 bits per heavy atom. The smallest absolute Gasteiger partial charge is 0.246 e. The van der Waals surface area contributed by atoms with Crippen LogP contribution in [0, 0.1) is 5.92 Å². The second-order valence-electron chi connectivity index (χ2n) is 3.19. The van der Waals surface area contributed by atoms with Crippen LogP contribution in [0.1, 0.15) is 6.92 Å². The van der Waals surface area contributed by atoms with Crippen molar-refractivity contribution in [3.8, 4) is 0 Å². The Kier molecular flexibility index (Phi) is 2.87. The van der Waals surface area contributed by atoms with Crippen molar-refractivity contribution in [1.82, 2.24) is 4.90 Å². The van der Waals surface area contributed by atoms with E-state index in [1.807, 2.05) is 0 Å². The molecule has 0 N–H and O–H groups in total. The fourth-order valence-electron chi connectivity index (χ4n) is 1.53. The molecule has 0 aromatic heterocycles. The molecule has 1 rings (SSSR count). The highest BCUT2D eigenvalue weighted by molar-refractivity contribution is 5.88. The van der Waals surface area contributed by atoms with Crippen molar-refractivity contribution in [3.63, 3.8) is 0 Å². The average Bonchev–Trinajstić information content (AvgIpc) is 2.09. The maximum atomic E-state index is 11.2. The third-order valence-corrected chi connectivity index (χ3v) is 2.34. The number of nitrogens with zero attached hydrogens (tertiary/aromatic N) is 1. The number of amides is 1. The Hall–Kier alpha value is -0.830. The van der Waals surface area contributed by atoms with Gasteiger partial charge < -0.3 is 9.64 Å². The van der Waals surface area contributed by atoms with Crippen LogP contribution in [0.15, 0.2) is 12.7 Å². The van der Waals surface area contributed by atoms with Crippen LogP contribution in [-0.2, 0) is 9.53 Å². The van der Waals surface area contributed by atoms with E-state index in [2.05, 4.69) is 13.5 Å². The summed E-state index contributed by atoms with van der Waals surface area (Å²) in [6.45, 7) is 7.03. The summed E-state index contributed by atoms with van der Waals surface area (Å²) in [7, 11) is 1.65. The minimum Gasteiger partial charge on any atom is -0.383 e. The molecule has 1 aliphatic rings. The fraction of sp³-hybridized carbons (Fsp3) is 0.667. The highest BCUT2D eigenvalue weighted by Gasteiger charge is 2.37. The van der Waals surface area contributed by atoms with Crippen LogP contribution in [-0.4, -0.2) is 37.1 Å². The Bertz CT molecular complexity index is 191. The second-order valence-corrected chi connectivity index (χ2v) is 3.19.